The molecule has 0 spiro atoms. The van der Waals surface area contributed by atoms with Gasteiger partial charge in [0, 0.05) is 24.8 Å². The smallest absolute Gasteiger partial charge is 0.262 e. The van der Waals surface area contributed by atoms with E-state index in [1.54, 1.807) is 42.6 Å². The Morgan fingerprint density at radius 2 is 1.94 bits per heavy atom. The minimum Gasteiger partial charge on any atom is -0.505 e. The number of azo groups is 1. The first kappa shape index (κ1) is 20.5. The lowest BCUT2D eigenvalue weighted by molar-refractivity contribution is 0.102. The van der Waals surface area contributed by atoms with Crippen LogP contribution in [0, 0.1) is 6.57 Å². The van der Waals surface area contributed by atoms with Crippen LogP contribution < -0.4 is 5.32 Å². The van der Waals surface area contributed by atoms with Crippen molar-refractivity contribution in [2.45, 2.75) is 0 Å². The Morgan fingerprint density at radius 3 is 2.71 bits per heavy atom. The number of phenolic OH excluding ortho intramolecular Hbond substituents is 1. The number of fused-ring (bicyclic) bond motifs is 1. The molecule has 0 unspecified atom stereocenters. The molecule has 0 saturated carbocycles. The lowest BCUT2D eigenvalue weighted by atomic mass is 10.0. The number of carbonyl (C=O) groups is 1. The first-order chi connectivity index (χ1) is 16.7. The quantitative estimate of drug-likeness (QED) is 0.266. The second kappa shape index (κ2) is 8.60. The van der Waals surface area contributed by atoms with Crippen LogP contribution in [0.3, 0.4) is 0 Å². The van der Waals surface area contributed by atoms with E-state index < -0.39 is 5.91 Å². The van der Waals surface area contributed by atoms with Crippen molar-refractivity contribution in [2.24, 2.45) is 10.2 Å². The summed E-state index contributed by atoms with van der Waals surface area (Å²) < 4.78 is 1.26. The molecular weight excluding hydrogens is 436 g/mol. The zero-order valence-corrected chi connectivity index (χ0v) is 17.3. The Bertz CT molecular complexity index is 1570. The van der Waals surface area contributed by atoms with Gasteiger partial charge >= 0.3 is 0 Å². The van der Waals surface area contributed by atoms with Gasteiger partial charge in [0.25, 0.3) is 17.5 Å². The lowest BCUT2D eigenvalue weighted by Gasteiger charge is -2.11. The average molecular weight is 450 g/mol. The summed E-state index contributed by atoms with van der Waals surface area (Å²) in [4.78, 5) is 31.4. The van der Waals surface area contributed by atoms with Crippen molar-refractivity contribution in [1.29, 1.82) is 0 Å². The van der Waals surface area contributed by atoms with Crippen LogP contribution >= 0.6 is 0 Å². The van der Waals surface area contributed by atoms with Gasteiger partial charge in [-0.15, -0.1) is 10.2 Å². The maximum atomic E-state index is 13.0. The summed E-state index contributed by atoms with van der Waals surface area (Å²) in [5.41, 5.74) is 0.155. The predicted molar refractivity (Wildman–Crippen MR) is 122 cm³/mol. The normalized spacial score (nSPS) is 11.0. The van der Waals surface area contributed by atoms with E-state index in [0.29, 0.717) is 10.8 Å². The zero-order chi connectivity index (χ0) is 23.5. The number of hydrogen-bond acceptors (Lipinski definition) is 8. The molecule has 0 fully saturated rings. The number of benzene rings is 2. The monoisotopic (exact) mass is 450 g/mol. The van der Waals surface area contributed by atoms with Gasteiger partial charge in [0.05, 0.1) is 18.3 Å². The van der Waals surface area contributed by atoms with E-state index in [2.05, 4.69) is 45.4 Å². The van der Waals surface area contributed by atoms with Crippen LogP contribution in [-0.2, 0) is 0 Å². The molecule has 0 aliphatic rings. The summed E-state index contributed by atoms with van der Waals surface area (Å²) in [7, 11) is 0. The van der Waals surface area contributed by atoms with E-state index in [9.17, 15) is 9.90 Å². The van der Waals surface area contributed by atoms with Crippen molar-refractivity contribution in [3.8, 4) is 11.7 Å². The number of carbonyl (C=O) groups excluding carboxylic acids is 1. The largest absolute Gasteiger partial charge is 0.505 e. The van der Waals surface area contributed by atoms with Gasteiger partial charge in [0.2, 0.25) is 5.95 Å². The molecule has 5 aromatic rings. The van der Waals surface area contributed by atoms with Gasteiger partial charge < -0.3 is 10.1 Å². The van der Waals surface area contributed by atoms with Crippen molar-refractivity contribution in [3.63, 3.8) is 0 Å². The average Bonchev–Trinajstić information content (AvgIpc) is 3.52. The van der Waals surface area contributed by atoms with Crippen LogP contribution in [0.2, 0.25) is 0 Å². The fourth-order valence-corrected chi connectivity index (χ4v) is 3.29. The van der Waals surface area contributed by atoms with Crippen molar-refractivity contribution >= 4 is 39.8 Å². The molecule has 3 N–H and O–H groups in total. The Labute approximate surface area is 191 Å². The lowest BCUT2D eigenvalue weighted by Crippen LogP contribution is -2.13. The number of rotatable bonds is 5. The number of phenols is 1. The SMILES string of the molecule is [C-]#[N+]c1cnn(-c2ncccn2)c1N=Nc1cc2ccccc2c(C(=O)Nc2ncc[nH]2)c1O. The molecule has 0 radical (unpaired) electrons. The second-order valence-electron chi connectivity index (χ2n) is 6.86. The van der Waals surface area contributed by atoms with Crippen LogP contribution in [-0.4, -0.2) is 40.7 Å². The molecule has 34 heavy (non-hydrogen) atoms. The molecule has 12 nitrogen and oxygen atoms in total. The highest BCUT2D eigenvalue weighted by Gasteiger charge is 2.21. The van der Waals surface area contributed by atoms with Gasteiger partial charge in [-0.25, -0.2) is 19.8 Å². The molecule has 0 bridgehead atoms. The van der Waals surface area contributed by atoms with Crippen molar-refractivity contribution in [3.05, 3.63) is 84.4 Å². The van der Waals surface area contributed by atoms with Crippen molar-refractivity contribution in [2.75, 3.05) is 5.32 Å². The third-order valence-corrected chi connectivity index (χ3v) is 4.80. The molecule has 12 heteroatoms. The summed E-state index contributed by atoms with van der Waals surface area (Å²) in [6.45, 7) is 7.40. The number of aromatic hydroxyl groups is 1. The molecule has 5 rings (SSSR count). The minimum absolute atomic E-state index is 0.00810. The predicted octanol–water partition coefficient (Wildman–Crippen LogP) is 4.46. The molecule has 0 aliphatic carbocycles. The van der Waals surface area contributed by atoms with Gasteiger partial charge in [-0.2, -0.15) is 9.78 Å². The van der Waals surface area contributed by atoms with Crippen LogP contribution in [0.15, 0.2) is 77.6 Å². The molecule has 164 valence electrons. The summed E-state index contributed by atoms with van der Waals surface area (Å²) in [6, 6.07) is 10.3. The van der Waals surface area contributed by atoms with E-state index in [1.165, 1.54) is 29.5 Å². The number of hydrogen-bond donors (Lipinski definition) is 3. The molecule has 3 aromatic heterocycles. The number of aromatic nitrogens is 6. The Kier molecular flexibility index (Phi) is 5.17. The fourth-order valence-electron chi connectivity index (χ4n) is 3.29. The van der Waals surface area contributed by atoms with Gasteiger partial charge in [-0.1, -0.05) is 24.3 Å². The summed E-state index contributed by atoms with van der Waals surface area (Å²) in [5, 5.41) is 27.2. The van der Waals surface area contributed by atoms with Crippen molar-refractivity contribution in [1.82, 2.24) is 29.7 Å². The zero-order valence-electron chi connectivity index (χ0n) is 17.3. The number of nitrogens with one attached hydrogen (secondary N) is 2. The molecule has 0 saturated heterocycles. The number of anilines is 1. The Hall–Kier alpha value is -5.44. The third-order valence-electron chi connectivity index (χ3n) is 4.80. The first-order valence-corrected chi connectivity index (χ1v) is 9.86. The molecule has 1 amide bonds. The highest BCUT2D eigenvalue weighted by molar-refractivity contribution is 6.15. The number of aromatic amines is 1. The molecule has 0 atom stereocenters. The van der Waals surface area contributed by atoms with Crippen LogP contribution in [0.1, 0.15) is 10.4 Å². The van der Waals surface area contributed by atoms with Crippen LogP contribution in [0.5, 0.6) is 5.75 Å². The topological polar surface area (TPSA) is 151 Å². The maximum Gasteiger partial charge on any atom is 0.262 e. The third kappa shape index (κ3) is 3.69. The Balaban J connectivity index is 1.61. The summed E-state index contributed by atoms with van der Waals surface area (Å²) in [5.74, 6) is -0.444. The fraction of sp³-hybridized carbons (Fsp3) is 0. The summed E-state index contributed by atoms with van der Waals surface area (Å²) >= 11 is 0. The van der Waals surface area contributed by atoms with Crippen molar-refractivity contribution < 1.29 is 9.90 Å². The second-order valence-corrected chi connectivity index (χ2v) is 6.86. The molecular formula is C22H14N10O2. The van der Waals surface area contributed by atoms with Crippen LogP contribution in [0.25, 0.3) is 21.6 Å². The van der Waals surface area contributed by atoms with Crippen LogP contribution in [0.4, 0.5) is 23.1 Å². The molecule has 2 aromatic carbocycles. The first-order valence-electron chi connectivity index (χ1n) is 9.86. The molecule has 3 heterocycles. The number of H-pyrrole nitrogens is 1. The van der Waals surface area contributed by atoms with E-state index in [-0.39, 0.29) is 40.4 Å². The van der Waals surface area contributed by atoms with E-state index in [1.807, 2.05) is 0 Å². The van der Waals surface area contributed by atoms with E-state index >= 15 is 0 Å². The Morgan fingerprint density at radius 1 is 1.12 bits per heavy atom. The van der Waals surface area contributed by atoms with E-state index in [4.69, 9.17) is 6.57 Å². The number of nitrogens with zero attached hydrogens (tertiary/aromatic N) is 8. The van der Waals surface area contributed by atoms with Gasteiger partial charge in [-0.3, -0.25) is 10.1 Å². The number of imidazole rings is 1. The van der Waals surface area contributed by atoms with Gasteiger partial charge in [-0.05, 0) is 22.9 Å². The standard InChI is InChI=1S/C22H14N10O2/c1-23-16-12-28-32(22-26-7-4-8-27-22)19(16)31-30-15-11-13-5-2-3-6-14(13)17(18(15)33)20(34)29-21-24-9-10-25-21/h2-12,33H,(H2,24,25,29,34). The van der Waals surface area contributed by atoms with E-state index in [0.717, 1.165) is 0 Å². The van der Waals surface area contributed by atoms with Gasteiger partial charge in [0.1, 0.15) is 5.69 Å². The summed E-state index contributed by atoms with van der Waals surface area (Å²) in [6.07, 6.45) is 7.43. The minimum atomic E-state index is -0.578. The van der Waals surface area contributed by atoms with Gasteiger partial charge in [0.15, 0.2) is 11.6 Å². The number of amides is 1. The highest BCUT2D eigenvalue weighted by atomic mass is 16.3. The molecule has 0 aliphatic heterocycles. The maximum absolute atomic E-state index is 13.0. The highest BCUT2D eigenvalue weighted by Crippen LogP contribution is 2.39.